The first-order chi connectivity index (χ1) is 8.24. The number of hydrogen-bond donors (Lipinski definition) is 1. The van der Waals surface area contributed by atoms with Crippen molar-refractivity contribution in [2.24, 2.45) is 11.7 Å². The molecular weight excluding hydrogens is 228 g/mol. The van der Waals surface area contributed by atoms with Gasteiger partial charge in [-0.25, -0.2) is 0 Å². The lowest BCUT2D eigenvalue weighted by Gasteiger charge is -2.31. The van der Waals surface area contributed by atoms with Crippen LogP contribution < -0.4 is 5.73 Å². The van der Waals surface area contributed by atoms with Crippen molar-refractivity contribution >= 4 is 11.3 Å². The van der Waals surface area contributed by atoms with Crippen LogP contribution in [0.4, 0.5) is 0 Å². The number of hydrogen-bond acceptors (Lipinski definition) is 3. The molecule has 2 unspecified atom stereocenters. The summed E-state index contributed by atoms with van der Waals surface area (Å²) in [5.74, 6) is 0.719. The zero-order valence-corrected chi connectivity index (χ0v) is 11.8. The number of nitrogens with two attached hydrogens (primary N) is 1. The van der Waals surface area contributed by atoms with Crippen LogP contribution in [0.5, 0.6) is 0 Å². The number of rotatable bonds is 5. The van der Waals surface area contributed by atoms with Crippen molar-refractivity contribution in [3.05, 3.63) is 21.9 Å². The summed E-state index contributed by atoms with van der Waals surface area (Å²) >= 11 is 1.93. The molecule has 1 aliphatic carbocycles. The molecule has 17 heavy (non-hydrogen) atoms. The molecule has 0 bridgehead atoms. The SMILES string of the molecule is CCN(Cc1ccc(C)s1)C1CCCC1CN. The van der Waals surface area contributed by atoms with Crippen LogP contribution in [0.2, 0.25) is 0 Å². The summed E-state index contributed by atoms with van der Waals surface area (Å²) < 4.78 is 0. The molecule has 3 heteroatoms. The fraction of sp³-hybridized carbons (Fsp3) is 0.714. The van der Waals surface area contributed by atoms with Gasteiger partial charge in [-0.1, -0.05) is 13.3 Å². The Morgan fingerprint density at radius 1 is 1.41 bits per heavy atom. The molecule has 1 fully saturated rings. The third-order valence-corrected chi connectivity index (χ3v) is 4.94. The predicted molar refractivity (Wildman–Crippen MR) is 75.3 cm³/mol. The Balaban J connectivity index is 2.00. The van der Waals surface area contributed by atoms with Crippen molar-refractivity contribution in [3.63, 3.8) is 0 Å². The quantitative estimate of drug-likeness (QED) is 0.873. The highest BCUT2D eigenvalue weighted by Gasteiger charge is 2.30. The summed E-state index contributed by atoms with van der Waals surface area (Å²) in [4.78, 5) is 5.53. The highest BCUT2D eigenvalue weighted by atomic mass is 32.1. The molecule has 0 aromatic carbocycles. The number of thiophene rings is 1. The van der Waals surface area contributed by atoms with E-state index < -0.39 is 0 Å². The maximum absolute atomic E-state index is 5.89. The molecule has 1 aliphatic rings. The van der Waals surface area contributed by atoms with E-state index in [0.29, 0.717) is 6.04 Å². The maximum atomic E-state index is 5.89. The van der Waals surface area contributed by atoms with Crippen LogP contribution in [0.3, 0.4) is 0 Å². The fourth-order valence-corrected chi connectivity index (χ4v) is 3.92. The normalized spacial score (nSPS) is 24.7. The Kier molecular flexibility index (Phi) is 4.60. The molecule has 0 aliphatic heterocycles. The van der Waals surface area contributed by atoms with E-state index in [9.17, 15) is 0 Å². The molecule has 1 aromatic heterocycles. The maximum Gasteiger partial charge on any atom is 0.0330 e. The van der Waals surface area contributed by atoms with Crippen LogP contribution >= 0.6 is 11.3 Å². The van der Waals surface area contributed by atoms with Crippen molar-refractivity contribution < 1.29 is 0 Å². The minimum Gasteiger partial charge on any atom is -0.330 e. The van der Waals surface area contributed by atoms with E-state index in [-0.39, 0.29) is 0 Å². The Labute approximate surface area is 109 Å². The standard InChI is InChI=1S/C14H24N2S/c1-3-16(10-13-8-7-11(2)17-13)14-6-4-5-12(14)9-15/h7-8,12,14H,3-6,9-10,15H2,1-2H3. The van der Waals surface area contributed by atoms with Crippen LogP contribution in [0.1, 0.15) is 35.9 Å². The van der Waals surface area contributed by atoms with Gasteiger partial charge in [0, 0.05) is 22.3 Å². The zero-order chi connectivity index (χ0) is 12.3. The van der Waals surface area contributed by atoms with E-state index >= 15 is 0 Å². The first-order valence-electron chi connectivity index (χ1n) is 6.74. The minimum absolute atomic E-state index is 0.715. The molecule has 2 rings (SSSR count). The van der Waals surface area contributed by atoms with Gasteiger partial charge in [-0.15, -0.1) is 11.3 Å². The summed E-state index contributed by atoms with van der Waals surface area (Å²) in [6.45, 7) is 7.55. The van der Waals surface area contributed by atoms with E-state index in [1.165, 1.54) is 29.0 Å². The minimum atomic E-state index is 0.715. The van der Waals surface area contributed by atoms with E-state index in [1.807, 2.05) is 11.3 Å². The second-order valence-corrected chi connectivity index (χ2v) is 6.44. The number of aryl methyl sites for hydroxylation is 1. The highest BCUT2D eigenvalue weighted by Crippen LogP contribution is 2.30. The van der Waals surface area contributed by atoms with E-state index in [0.717, 1.165) is 25.6 Å². The van der Waals surface area contributed by atoms with Crippen LogP contribution in [-0.2, 0) is 6.54 Å². The third-order valence-electron chi connectivity index (χ3n) is 3.95. The second kappa shape index (κ2) is 5.98. The van der Waals surface area contributed by atoms with Crippen LogP contribution in [0, 0.1) is 12.8 Å². The van der Waals surface area contributed by atoms with Gasteiger partial charge in [0.15, 0.2) is 0 Å². The molecule has 1 saturated carbocycles. The zero-order valence-electron chi connectivity index (χ0n) is 11.0. The number of nitrogens with zero attached hydrogens (tertiary/aromatic N) is 1. The van der Waals surface area contributed by atoms with Gasteiger partial charge in [-0.05, 0) is 50.9 Å². The second-order valence-electron chi connectivity index (χ2n) is 5.07. The van der Waals surface area contributed by atoms with Crippen molar-refractivity contribution in [1.82, 2.24) is 4.90 Å². The van der Waals surface area contributed by atoms with Gasteiger partial charge >= 0.3 is 0 Å². The van der Waals surface area contributed by atoms with Gasteiger partial charge in [0.1, 0.15) is 0 Å². The summed E-state index contributed by atoms with van der Waals surface area (Å²) in [5.41, 5.74) is 5.89. The van der Waals surface area contributed by atoms with Crippen molar-refractivity contribution in [1.29, 1.82) is 0 Å². The van der Waals surface area contributed by atoms with Crippen molar-refractivity contribution in [2.45, 2.75) is 45.7 Å². The van der Waals surface area contributed by atoms with Crippen molar-refractivity contribution in [2.75, 3.05) is 13.1 Å². The van der Waals surface area contributed by atoms with Crippen LogP contribution in [0.15, 0.2) is 12.1 Å². The summed E-state index contributed by atoms with van der Waals surface area (Å²) in [6.07, 6.45) is 4.01. The molecule has 2 N–H and O–H groups in total. The highest BCUT2D eigenvalue weighted by molar-refractivity contribution is 7.11. The van der Waals surface area contributed by atoms with Gasteiger partial charge in [0.25, 0.3) is 0 Å². The van der Waals surface area contributed by atoms with E-state index in [1.54, 1.807) is 0 Å². The summed E-state index contributed by atoms with van der Waals surface area (Å²) in [6, 6.07) is 5.21. The molecule has 1 heterocycles. The molecule has 0 amide bonds. The van der Waals surface area contributed by atoms with Gasteiger partial charge in [0.05, 0.1) is 0 Å². The smallest absolute Gasteiger partial charge is 0.0330 e. The van der Waals surface area contributed by atoms with Gasteiger partial charge in [-0.2, -0.15) is 0 Å². The van der Waals surface area contributed by atoms with E-state index in [2.05, 4.69) is 30.9 Å². The van der Waals surface area contributed by atoms with Gasteiger partial charge in [0.2, 0.25) is 0 Å². The Morgan fingerprint density at radius 2 is 2.24 bits per heavy atom. The average molecular weight is 252 g/mol. The molecule has 0 saturated heterocycles. The molecule has 1 aromatic rings. The Morgan fingerprint density at radius 3 is 2.82 bits per heavy atom. The van der Waals surface area contributed by atoms with Gasteiger partial charge < -0.3 is 5.73 Å². The van der Waals surface area contributed by atoms with E-state index in [4.69, 9.17) is 5.73 Å². The molecule has 2 atom stereocenters. The third kappa shape index (κ3) is 3.09. The lowest BCUT2D eigenvalue weighted by atomic mass is 10.0. The van der Waals surface area contributed by atoms with Gasteiger partial charge in [-0.3, -0.25) is 4.90 Å². The fourth-order valence-electron chi connectivity index (χ4n) is 3.01. The Hall–Kier alpha value is -0.380. The molecule has 0 radical (unpaired) electrons. The monoisotopic (exact) mass is 252 g/mol. The lowest BCUT2D eigenvalue weighted by Crippen LogP contribution is -2.39. The lowest BCUT2D eigenvalue weighted by molar-refractivity contribution is 0.163. The van der Waals surface area contributed by atoms with Crippen molar-refractivity contribution in [3.8, 4) is 0 Å². The van der Waals surface area contributed by atoms with Crippen LogP contribution in [0.25, 0.3) is 0 Å². The molecular formula is C14H24N2S. The largest absolute Gasteiger partial charge is 0.330 e. The first-order valence-corrected chi connectivity index (χ1v) is 7.55. The molecule has 0 spiro atoms. The average Bonchev–Trinajstić information content (AvgIpc) is 2.94. The molecule has 2 nitrogen and oxygen atoms in total. The predicted octanol–water partition coefficient (Wildman–Crippen LogP) is 3.01. The Bertz CT molecular complexity index is 348. The topological polar surface area (TPSA) is 29.3 Å². The van der Waals surface area contributed by atoms with Crippen LogP contribution in [-0.4, -0.2) is 24.0 Å². The summed E-state index contributed by atoms with van der Waals surface area (Å²) in [7, 11) is 0. The molecule has 96 valence electrons. The first kappa shape index (κ1) is 13.1. The summed E-state index contributed by atoms with van der Waals surface area (Å²) in [5, 5.41) is 0.